The fourth-order valence-electron chi connectivity index (χ4n) is 4.42. The number of piperazine rings is 1. The molecule has 3 rings (SSSR count). The summed E-state index contributed by atoms with van der Waals surface area (Å²) in [7, 11) is 0. The average molecular weight is 394 g/mol. The van der Waals surface area contributed by atoms with Crippen molar-refractivity contribution in [2.45, 2.75) is 39.5 Å². The number of ketones is 1. The predicted molar refractivity (Wildman–Crippen MR) is 109 cm³/mol. The first-order valence-corrected chi connectivity index (χ1v) is 10.5. The number of hydrogen-bond donors (Lipinski definition) is 0. The van der Waals surface area contributed by atoms with Crippen molar-refractivity contribution in [1.82, 2.24) is 9.80 Å². The van der Waals surface area contributed by atoms with Crippen LogP contribution in [0.25, 0.3) is 0 Å². The highest BCUT2D eigenvalue weighted by Crippen LogP contribution is 2.24. The molecule has 156 valence electrons. The number of halogens is 2. The minimum absolute atomic E-state index is 0.256. The van der Waals surface area contributed by atoms with Crippen molar-refractivity contribution in [1.29, 1.82) is 0 Å². The summed E-state index contributed by atoms with van der Waals surface area (Å²) in [5, 5.41) is 0. The maximum atomic E-state index is 13.0. The van der Waals surface area contributed by atoms with Gasteiger partial charge in [0.05, 0.1) is 6.54 Å². The summed E-state index contributed by atoms with van der Waals surface area (Å²) < 4.78 is 26.1. The molecule has 2 saturated heterocycles. The number of hydrogen-bond acceptors (Lipinski definition) is 4. The van der Waals surface area contributed by atoms with Crippen molar-refractivity contribution in [3.8, 4) is 0 Å². The summed E-state index contributed by atoms with van der Waals surface area (Å²) in [5.74, 6) is 1.02. The lowest BCUT2D eigenvalue weighted by Gasteiger charge is -2.38. The second-order valence-corrected chi connectivity index (χ2v) is 8.31. The number of nitrogens with zero attached hydrogens (tertiary/aromatic N) is 3. The Kier molecular flexibility index (Phi) is 7.80. The molecule has 0 spiro atoms. The van der Waals surface area contributed by atoms with E-state index >= 15 is 0 Å². The van der Waals surface area contributed by atoms with Gasteiger partial charge < -0.3 is 4.90 Å². The average Bonchev–Trinajstić information content (AvgIpc) is 2.72. The summed E-state index contributed by atoms with van der Waals surface area (Å²) >= 11 is 0. The zero-order chi connectivity index (χ0) is 19.9. The van der Waals surface area contributed by atoms with Crippen molar-refractivity contribution >= 4 is 11.5 Å². The molecular weight excluding hydrogens is 360 g/mol. The molecule has 0 saturated carbocycles. The lowest BCUT2D eigenvalue weighted by molar-refractivity contribution is -0.118. The van der Waals surface area contributed by atoms with Crippen LogP contribution in [0.4, 0.5) is 14.5 Å². The van der Waals surface area contributed by atoms with Crippen LogP contribution >= 0.6 is 0 Å². The fourth-order valence-corrected chi connectivity index (χ4v) is 4.42. The summed E-state index contributed by atoms with van der Waals surface area (Å²) in [6, 6.07) is 5.31. The first-order chi connectivity index (χ1) is 13.6. The van der Waals surface area contributed by atoms with Gasteiger partial charge in [-0.25, -0.2) is 8.78 Å². The quantitative estimate of drug-likeness (QED) is 0.676. The third kappa shape index (κ3) is 5.98. The highest BCUT2D eigenvalue weighted by atomic mass is 19.1. The fraction of sp³-hybridized carbons (Fsp3) is 0.682. The van der Waals surface area contributed by atoms with Crippen molar-refractivity contribution < 1.29 is 13.6 Å². The lowest BCUT2D eigenvalue weighted by atomic mass is 9.93. The van der Waals surface area contributed by atoms with Gasteiger partial charge in [-0.2, -0.15) is 0 Å². The van der Waals surface area contributed by atoms with Crippen LogP contribution in [0.3, 0.4) is 0 Å². The molecule has 0 unspecified atom stereocenters. The van der Waals surface area contributed by atoms with Gasteiger partial charge in [0, 0.05) is 31.9 Å². The highest BCUT2D eigenvalue weighted by molar-refractivity contribution is 5.77. The van der Waals surface area contributed by atoms with E-state index in [1.54, 1.807) is 13.0 Å². The lowest BCUT2D eigenvalue weighted by Crippen LogP contribution is -2.47. The number of carbonyl (C=O) groups is 1. The van der Waals surface area contributed by atoms with E-state index in [0.717, 1.165) is 57.4 Å². The maximum absolute atomic E-state index is 13.0. The predicted octanol–water partition coefficient (Wildman–Crippen LogP) is 3.44. The van der Waals surface area contributed by atoms with E-state index in [9.17, 15) is 13.6 Å². The van der Waals surface area contributed by atoms with Gasteiger partial charge in [0.15, 0.2) is 0 Å². The Balaban J connectivity index is 1.41. The minimum atomic E-state index is -0.550. The van der Waals surface area contributed by atoms with Crippen LogP contribution in [0.5, 0.6) is 0 Å². The first-order valence-electron chi connectivity index (χ1n) is 10.5. The second-order valence-electron chi connectivity index (χ2n) is 8.31. The van der Waals surface area contributed by atoms with Gasteiger partial charge in [-0.1, -0.05) is 6.07 Å². The zero-order valence-electron chi connectivity index (χ0n) is 17.0. The van der Waals surface area contributed by atoms with Gasteiger partial charge in [-0.3, -0.25) is 14.6 Å². The van der Waals surface area contributed by atoms with Gasteiger partial charge in [-0.05, 0) is 75.0 Å². The molecule has 1 aromatic carbocycles. The van der Waals surface area contributed by atoms with Crippen LogP contribution in [-0.4, -0.2) is 67.9 Å². The van der Waals surface area contributed by atoms with E-state index in [0.29, 0.717) is 17.7 Å². The van der Waals surface area contributed by atoms with Crippen molar-refractivity contribution in [2.24, 2.45) is 5.92 Å². The molecule has 0 bridgehead atoms. The van der Waals surface area contributed by atoms with E-state index < -0.39 is 13.3 Å². The molecule has 0 aromatic heterocycles. The molecule has 2 heterocycles. The van der Waals surface area contributed by atoms with Crippen molar-refractivity contribution in [3.63, 3.8) is 0 Å². The highest BCUT2D eigenvalue weighted by Gasteiger charge is 2.22. The van der Waals surface area contributed by atoms with Gasteiger partial charge in [0.2, 0.25) is 0 Å². The van der Waals surface area contributed by atoms with Crippen LogP contribution in [0, 0.1) is 5.92 Å². The largest absolute Gasteiger partial charge is 0.369 e. The van der Waals surface area contributed by atoms with Gasteiger partial charge in [-0.15, -0.1) is 0 Å². The molecule has 2 aliphatic heterocycles. The Morgan fingerprint density at radius 2 is 1.54 bits per heavy atom. The normalized spacial score (nSPS) is 19.9. The number of carbonyl (C=O) groups excluding carboxylic acids is 1. The molecule has 1 aromatic rings. The Morgan fingerprint density at radius 1 is 0.929 bits per heavy atom. The monoisotopic (exact) mass is 393 g/mol. The van der Waals surface area contributed by atoms with Gasteiger partial charge >= 0.3 is 0 Å². The number of alkyl halides is 2. The number of likely N-dealkylation sites (tertiary alicyclic amines) is 1. The topological polar surface area (TPSA) is 26.8 Å². The molecule has 6 heteroatoms. The standard InChI is InChI=1S/C22H33F2N3O/c1-18(28)17-26-6-3-19(4-7-26)2-5-25-8-10-27(11-9-25)22-13-20(15-23)12-21(14-22)16-24/h12-14,19H,2-11,15-17H2,1H3. The number of Topliss-reactive ketones (excluding diaryl/α,β-unsaturated/α-hetero) is 1. The first kappa shape index (κ1) is 21.2. The van der Waals surface area contributed by atoms with E-state index in [-0.39, 0.29) is 5.78 Å². The third-order valence-electron chi connectivity index (χ3n) is 6.09. The number of rotatable bonds is 8. The Bertz CT molecular complexity index is 616. The molecule has 4 nitrogen and oxygen atoms in total. The molecule has 0 radical (unpaired) electrons. The molecule has 0 atom stereocenters. The summed E-state index contributed by atoms with van der Waals surface area (Å²) in [4.78, 5) is 18.3. The van der Waals surface area contributed by atoms with E-state index in [4.69, 9.17) is 0 Å². The zero-order valence-corrected chi connectivity index (χ0v) is 17.0. The smallest absolute Gasteiger partial charge is 0.143 e. The van der Waals surface area contributed by atoms with Crippen molar-refractivity contribution in [2.75, 3.05) is 57.3 Å². The summed E-state index contributed by atoms with van der Waals surface area (Å²) in [6.07, 6.45) is 3.60. The maximum Gasteiger partial charge on any atom is 0.143 e. The summed E-state index contributed by atoms with van der Waals surface area (Å²) in [5.41, 5.74) is 2.06. The van der Waals surface area contributed by atoms with Crippen LogP contribution in [0.15, 0.2) is 18.2 Å². The molecular formula is C22H33F2N3O. The Labute approximate surface area is 167 Å². The van der Waals surface area contributed by atoms with E-state index in [2.05, 4.69) is 14.7 Å². The molecule has 0 amide bonds. The third-order valence-corrected chi connectivity index (χ3v) is 6.09. The van der Waals surface area contributed by atoms with Gasteiger partial charge in [0.1, 0.15) is 19.1 Å². The molecule has 2 aliphatic rings. The Morgan fingerprint density at radius 3 is 2.07 bits per heavy atom. The minimum Gasteiger partial charge on any atom is -0.369 e. The van der Waals surface area contributed by atoms with E-state index in [1.807, 2.05) is 12.1 Å². The van der Waals surface area contributed by atoms with Crippen LogP contribution in [0.2, 0.25) is 0 Å². The van der Waals surface area contributed by atoms with Crippen LogP contribution < -0.4 is 4.90 Å². The molecule has 2 fully saturated rings. The van der Waals surface area contributed by atoms with E-state index in [1.165, 1.54) is 19.3 Å². The SMILES string of the molecule is CC(=O)CN1CCC(CCN2CCN(c3cc(CF)cc(CF)c3)CC2)CC1. The molecule has 0 aliphatic carbocycles. The molecule has 0 N–H and O–H groups in total. The van der Waals surface area contributed by atoms with Crippen molar-refractivity contribution in [3.05, 3.63) is 29.3 Å². The molecule has 28 heavy (non-hydrogen) atoms. The number of benzene rings is 1. The Hall–Kier alpha value is -1.53. The van der Waals surface area contributed by atoms with Crippen LogP contribution in [0.1, 0.15) is 37.3 Å². The second kappa shape index (κ2) is 10.3. The number of anilines is 1. The number of piperidine rings is 1. The summed E-state index contributed by atoms with van der Waals surface area (Å²) in [6.45, 7) is 8.16. The van der Waals surface area contributed by atoms with Gasteiger partial charge in [0.25, 0.3) is 0 Å². The van der Waals surface area contributed by atoms with Crippen LogP contribution in [-0.2, 0) is 18.1 Å².